The van der Waals surface area contributed by atoms with Crippen LogP contribution >= 0.6 is 0 Å². The molecule has 6 rings (SSSR count). The summed E-state index contributed by atoms with van der Waals surface area (Å²) >= 11 is 0. The predicted molar refractivity (Wildman–Crippen MR) is 119 cm³/mol. The third-order valence-corrected chi connectivity index (χ3v) is 6.91. The molecule has 1 saturated heterocycles. The Bertz CT molecular complexity index is 1180. The van der Waals surface area contributed by atoms with Crippen molar-refractivity contribution in [2.75, 3.05) is 30.4 Å². The van der Waals surface area contributed by atoms with Crippen molar-refractivity contribution in [2.24, 2.45) is 11.1 Å². The number of nitrogens with zero attached hydrogens (tertiary/aromatic N) is 5. The summed E-state index contributed by atoms with van der Waals surface area (Å²) in [6.07, 6.45) is 6.26. The number of anilines is 2. The molecular formula is C23H25N7O. The van der Waals surface area contributed by atoms with Gasteiger partial charge in [-0.1, -0.05) is 12.1 Å². The van der Waals surface area contributed by atoms with Crippen molar-refractivity contribution in [1.82, 2.24) is 19.9 Å². The van der Waals surface area contributed by atoms with E-state index in [0.29, 0.717) is 23.6 Å². The molecule has 3 heterocycles. The molecule has 3 N–H and O–H groups in total. The summed E-state index contributed by atoms with van der Waals surface area (Å²) in [5, 5.41) is 3.31. The van der Waals surface area contributed by atoms with Gasteiger partial charge in [-0.05, 0) is 37.0 Å². The quantitative estimate of drug-likeness (QED) is 0.525. The van der Waals surface area contributed by atoms with Crippen molar-refractivity contribution in [3.63, 3.8) is 0 Å². The van der Waals surface area contributed by atoms with Gasteiger partial charge < -0.3 is 20.7 Å². The average Bonchev–Trinajstić information content (AvgIpc) is 3.09. The summed E-state index contributed by atoms with van der Waals surface area (Å²) < 4.78 is 5.99. The van der Waals surface area contributed by atoms with Crippen LogP contribution in [0.4, 0.5) is 11.5 Å². The Morgan fingerprint density at radius 2 is 2.03 bits per heavy atom. The number of hydrogen-bond donors (Lipinski definition) is 2. The highest BCUT2D eigenvalue weighted by molar-refractivity contribution is 5.88. The molecule has 158 valence electrons. The molecular weight excluding hydrogens is 390 g/mol. The lowest BCUT2D eigenvalue weighted by Crippen LogP contribution is -2.24. The summed E-state index contributed by atoms with van der Waals surface area (Å²) in [4.78, 5) is 20.5. The summed E-state index contributed by atoms with van der Waals surface area (Å²) in [6, 6.07) is 6.99. The van der Waals surface area contributed by atoms with Gasteiger partial charge in [0.1, 0.15) is 11.6 Å². The van der Waals surface area contributed by atoms with Gasteiger partial charge in [0.2, 0.25) is 0 Å². The molecule has 2 unspecified atom stereocenters. The largest absolute Gasteiger partial charge is 0.421 e. The normalized spacial score (nSPS) is 23.1. The van der Waals surface area contributed by atoms with Crippen LogP contribution in [0.1, 0.15) is 29.9 Å². The molecule has 2 aromatic heterocycles. The van der Waals surface area contributed by atoms with E-state index in [1.165, 1.54) is 11.1 Å². The zero-order valence-corrected chi connectivity index (χ0v) is 17.7. The van der Waals surface area contributed by atoms with E-state index in [0.717, 1.165) is 55.1 Å². The fraction of sp³-hybridized carbons (Fsp3) is 0.391. The summed E-state index contributed by atoms with van der Waals surface area (Å²) in [5.41, 5.74) is 12.2. The van der Waals surface area contributed by atoms with Crippen LogP contribution in [0, 0.1) is 12.3 Å². The third-order valence-electron chi connectivity index (χ3n) is 6.91. The van der Waals surface area contributed by atoms with Gasteiger partial charge in [0.15, 0.2) is 5.75 Å². The van der Waals surface area contributed by atoms with E-state index >= 15 is 0 Å². The Morgan fingerprint density at radius 1 is 1.23 bits per heavy atom. The van der Waals surface area contributed by atoms with E-state index in [2.05, 4.69) is 38.4 Å². The molecule has 0 radical (unpaired) electrons. The SMILES string of the molecule is CNc1cccc2c1Cc1nc(Oc3cnc(C)nc3)nc(N3CCC4(CC4N)C3)c1-2. The predicted octanol–water partition coefficient (Wildman–Crippen LogP) is 2.91. The smallest absolute Gasteiger partial charge is 0.324 e. The molecule has 2 fully saturated rings. The number of rotatable bonds is 4. The van der Waals surface area contributed by atoms with E-state index in [9.17, 15) is 0 Å². The first kappa shape index (κ1) is 18.5. The van der Waals surface area contributed by atoms with Gasteiger partial charge in [-0.2, -0.15) is 9.97 Å². The van der Waals surface area contributed by atoms with E-state index in [1.807, 2.05) is 14.0 Å². The zero-order chi connectivity index (χ0) is 21.2. The Kier molecular flexibility index (Phi) is 3.95. The van der Waals surface area contributed by atoms with Gasteiger partial charge in [0, 0.05) is 49.3 Å². The molecule has 0 bridgehead atoms. The number of hydrogen-bond acceptors (Lipinski definition) is 8. The maximum absolute atomic E-state index is 6.27. The summed E-state index contributed by atoms with van der Waals surface area (Å²) in [6.45, 7) is 3.73. The van der Waals surface area contributed by atoms with Gasteiger partial charge in [0.25, 0.3) is 0 Å². The second kappa shape index (κ2) is 6.62. The van der Waals surface area contributed by atoms with Gasteiger partial charge >= 0.3 is 6.01 Å². The molecule has 31 heavy (non-hydrogen) atoms. The molecule has 3 aliphatic rings. The Balaban J connectivity index is 1.44. The van der Waals surface area contributed by atoms with Crippen molar-refractivity contribution in [2.45, 2.75) is 32.2 Å². The van der Waals surface area contributed by atoms with Crippen LogP contribution in [0.25, 0.3) is 11.1 Å². The number of nitrogens with one attached hydrogen (secondary N) is 1. The van der Waals surface area contributed by atoms with Crippen LogP contribution in [0.3, 0.4) is 0 Å². The molecule has 2 atom stereocenters. The minimum atomic E-state index is 0.248. The first-order valence-electron chi connectivity index (χ1n) is 10.7. The van der Waals surface area contributed by atoms with Crippen LogP contribution in [0.2, 0.25) is 0 Å². The van der Waals surface area contributed by atoms with E-state index in [-0.39, 0.29) is 5.41 Å². The van der Waals surface area contributed by atoms with Crippen molar-refractivity contribution in [3.05, 3.63) is 47.7 Å². The Labute approximate surface area is 180 Å². The highest BCUT2D eigenvalue weighted by Crippen LogP contribution is 2.54. The zero-order valence-electron chi connectivity index (χ0n) is 17.7. The van der Waals surface area contributed by atoms with Gasteiger partial charge in [-0.15, -0.1) is 0 Å². The molecule has 8 nitrogen and oxygen atoms in total. The molecule has 1 aromatic carbocycles. The maximum Gasteiger partial charge on any atom is 0.324 e. The number of aromatic nitrogens is 4. The van der Waals surface area contributed by atoms with Crippen molar-refractivity contribution < 1.29 is 4.74 Å². The number of benzene rings is 1. The number of nitrogens with two attached hydrogens (primary N) is 1. The fourth-order valence-electron chi connectivity index (χ4n) is 5.03. The summed E-state index contributed by atoms with van der Waals surface area (Å²) in [7, 11) is 1.95. The molecule has 1 aliphatic heterocycles. The average molecular weight is 416 g/mol. The first-order valence-corrected chi connectivity index (χ1v) is 10.7. The highest BCUT2D eigenvalue weighted by atomic mass is 16.5. The van der Waals surface area contributed by atoms with Crippen molar-refractivity contribution >= 4 is 11.5 Å². The lowest BCUT2D eigenvalue weighted by Gasteiger charge is -2.21. The highest BCUT2D eigenvalue weighted by Gasteiger charge is 2.56. The van der Waals surface area contributed by atoms with Crippen LogP contribution in [-0.2, 0) is 6.42 Å². The number of fused-ring (bicyclic) bond motifs is 3. The van der Waals surface area contributed by atoms with Crippen molar-refractivity contribution in [1.29, 1.82) is 0 Å². The second-order valence-electron chi connectivity index (χ2n) is 8.82. The molecule has 1 spiro atoms. The van der Waals surface area contributed by atoms with Crippen LogP contribution in [0.5, 0.6) is 11.8 Å². The Hall–Kier alpha value is -3.26. The topological polar surface area (TPSA) is 102 Å². The second-order valence-corrected chi connectivity index (χ2v) is 8.82. The van der Waals surface area contributed by atoms with Crippen LogP contribution < -0.4 is 20.7 Å². The lowest BCUT2D eigenvalue weighted by molar-refractivity contribution is 0.435. The maximum atomic E-state index is 6.27. The minimum absolute atomic E-state index is 0.248. The molecule has 1 saturated carbocycles. The standard InChI is InChI=1S/C23H25N7O/c1-13-26-10-14(11-27-13)31-22-28-18-8-16-15(4-3-5-17(16)25-2)20(18)21(29-22)30-7-6-23(12-30)9-19(23)24/h3-5,10-11,19,25H,6-9,12,24H2,1-2H3. The van der Waals surface area contributed by atoms with Gasteiger partial charge in [0.05, 0.1) is 18.1 Å². The third kappa shape index (κ3) is 2.93. The van der Waals surface area contributed by atoms with Crippen LogP contribution in [-0.4, -0.2) is 46.1 Å². The fourth-order valence-corrected chi connectivity index (χ4v) is 5.03. The van der Waals surface area contributed by atoms with Crippen LogP contribution in [0.15, 0.2) is 30.6 Å². The monoisotopic (exact) mass is 415 g/mol. The molecule has 2 aliphatic carbocycles. The molecule has 3 aromatic rings. The van der Waals surface area contributed by atoms with E-state index in [4.69, 9.17) is 20.4 Å². The van der Waals surface area contributed by atoms with Gasteiger partial charge in [-0.25, -0.2) is 9.97 Å². The van der Waals surface area contributed by atoms with E-state index in [1.54, 1.807) is 12.4 Å². The molecule has 0 amide bonds. The molecule has 8 heteroatoms. The van der Waals surface area contributed by atoms with Crippen molar-refractivity contribution in [3.8, 4) is 22.9 Å². The van der Waals surface area contributed by atoms with Gasteiger partial charge in [-0.3, -0.25) is 0 Å². The lowest BCUT2D eigenvalue weighted by atomic mass is 10.0. The minimum Gasteiger partial charge on any atom is -0.421 e. The number of ether oxygens (including phenoxy) is 1. The first-order chi connectivity index (χ1) is 15.1. The number of aryl methyl sites for hydroxylation is 1. The summed E-state index contributed by atoms with van der Waals surface area (Å²) in [5.74, 6) is 2.17. The van der Waals surface area contributed by atoms with E-state index < -0.39 is 0 Å². The Morgan fingerprint density at radius 3 is 2.74 bits per heavy atom.